The van der Waals surface area contributed by atoms with E-state index in [0.717, 1.165) is 12.1 Å². The summed E-state index contributed by atoms with van der Waals surface area (Å²) < 4.78 is 13.4. The van der Waals surface area contributed by atoms with Gasteiger partial charge in [-0.2, -0.15) is 0 Å². The van der Waals surface area contributed by atoms with Crippen molar-refractivity contribution in [1.29, 1.82) is 0 Å². The molecule has 3 aromatic carbocycles. The Morgan fingerprint density at radius 1 is 0.871 bits per heavy atom. The van der Waals surface area contributed by atoms with E-state index in [1.807, 2.05) is 30.3 Å². The van der Waals surface area contributed by atoms with Gasteiger partial charge in [0.15, 0.2) is 5.82 Å². The molecule has 4 rings (SSSR count). The highest BCUT2D eigenvalue weighted by Gasteiger charge is 2.08. The fraction of sp³-hybridized carbons (Fsp3) is 0.0800. The van der Waals surface area contributed by atoms with Crippen molar-refractivity contribution in [3.8, 4) is 11.3 Å². The second-order valence-electron chi connectivity index (χ2n) is 7.02. The van der Waals surface area contributed by atoms with E-state index in [1.165, 1.54) is 17.7 Å². The molecule has 0 unspecified atom stereocenters. The van der Waals surface area contributed by atoms with Gasteiger partial charge in [0, 0.05) is 22.5 Å². The molecule has 0 aliphatic carbocycles. The number of hydrogen-bond acceptors (Lipinski definition) is 4. The first kappa shape index (κ1) is 20.2. The quantitative estimate of drug-likeness (QED) is 0.417. The number of amides is 1. The molecule has 0 aliphatic rings. The first-order valence-corrected chi connectivity index (χ1v) is 9.98. The Hall–Kier alpha value is -4.06. The molecule has 31 heavy (non-hydrogen) atoms. The van der Waals surface area contributed by atoms with Crippen LogP contribution in [0.1, 0.15) is 22.8 Å². The van der Waals surface area contributed by atoms with Gasteiger partial charge in [-0.3, -0.25) is 4.79 Å². The minimum Gasteiger partial charge on any atom is -0.339 e. The standard InChI is InChI=1S/C25H21FN4O/c1-2-17-9-11-21(12-10-17)28-25(31)19-6-4-8-22(16-19)27-24-14-13-23(29-30-24)18-5-3-7-20(26)15-18/h3-16H,2H2,1H3,(H,27,30)(H,28,31). The number of nitrogens with zero attached hydrogens (tertiary/aromatic N) is 2. The van der Waals surface area contributed by atoms with E-state index in [4.69, 9.17) is 0 Å². The van der Waals surface area contributed by atoms with E-state index in [-0.39, 0.29) is 11.7 Å². The van der Waals surface area contributed by atoms with Gasteiger partial charge in [-0.15, -0.1) is 10.2 Å². The molecular formula is C25H21FN4O. The molecular weight excluding hydrogens is 391 g/mol. The van der Waals surface area contributed by atoms with Crippen molar-refractivity contribution in [1.82, 2.24) is 10.2 Å². The van der Waals surface area contributed by atoms with Crippen LogP contribution in [0.3, 0.4) is 0 Å². The topological polar surface area (TPSA) is 66.9 Å². The van der Waals surface area contributed by atoms with Gasteiger partial charge in [0.25, 0.3) is 5.91 Å². The Morgan fingerprint density at radius 2 is 1.68 bits per heavy atom. The molecule has 1 aromatic heterocycles. The van der Waals surface area contributed by atoms with Crippen LogP contribution in [0, 0.1) is 5.82 Å². The summed E-state index contributed by atoms with van der Waals surface area (Å²) in [4.78, 5) is 12.6. The van der Waals surface area contributed by atoms with E-state index < -0.39 is 0 Å². The second kappa shape index (κ2) is 9.17. The maximum Gasteiger partial charge on any atom is 0.255 e. The molecule has 0 atom stereocenters. The molecule has 1 heterocycles. The lowest BCUT2D eigenvalue weighted by Gasteiger charge is -2.09. The molecule has 5 nitrogen and oxygen atoms in total. The lowest BCUT2D eigenvalue weighted by molar-refractivity contribution is 0.102. The molecule has 6 heteroatoms. The largest absolute Gasteiger partial charge is 0.339 e. The molecule has 0 spiro atoms. The number of halogens is 1. The molecule has 1 amide bonds. The normalized spacial score (nSPS) is 10.5. The number of anilines is 3. The molecule has 0 aliphatic heterocycles. The van der Waals surface area contributed by atoms with Gasteiger partial charge in [-0.1, -0.05) is 37.3 Å². The Morgan fingerprint density at radius 3 is 2.39 bits per heavy atom. The van der Waals surface area contributed by atoms with Crippen molar-refractivity contribution in [2.45, 2.75) is 13.3 Å². The molecule has 0 radical (unpaired) electrons. The fourth-order valence-electron chi connectivity index (χ4n) is 3.11. The van der Waals surface area contributed by atoms with Crippen molar-refractivity contribution >= 4 is 23.1 Å². The first-order chi connectivity index (χ1) is 15.1. The average molecular weight is 412 g/mol. The average Bonchev–Trinajstić information content (AvgIpc) is 2.80. The number of aromatic nitrogens is 2. The SMILES string of the molecule is CCc1ccc(NC(=O)c2cccc(Nc3ccc(-c4cccc(F)c4)nn3)c2)cc1. The van der Waals surface area contributed by atoms with E-state index in [2.05, 4.69) is 27.8 Å². The van der Waals surface area contributed by atoms with E-state index in [9.17, 15) is 9.18 Å². The van der Waals surface area contributed by atoms with Crippen LogP contribution in [-0.2, 0) is 6.42 Å². The van der Waals surface area contributed by atoms with Gasteiger partial charge < -0.3 is 10.6 Å². The monoisotopic (exact) mass is 412 g/mol. The summed E-state index contributed by atoms with van der Waals surface area (Å²) in [7, 11) is 0. The highest BCUT2D eigenvalue weighted by atomic mass is 19.1. The summed E-state index contributed by atoms with van der Waals surface area (Å²) in [5.41, 5.74) is 4.43. The zero-order valence-corrected chi connectivity index (χ0v) is 17.0. The van der Waals surface area contributed by atoms with Crippen molar-refractivity contribution in [3.63, 3.8) is 0 Å². The zero-order chi connectivity index (χ0) is 21.6. The smallest absolute Gasteiger partial charge is 0.255 e. The summed E-state index contributed by atoms with van der Waals surface area (Å²) in [6, 6.07) is 24.7. The third-order valence-electron chi connectivity index (χ3n) is 4.80. The zero-order valence-electron chi connectivity index (χ0n) is 17.0. The third kappa shape index (κ3) is 5.11. The Bertz CT molecular complexity index is 1190. The maximum atomic E-state index is 13.4. The van der Waals surface area contributed by atoms with Gasteiger partial charge >= 0.3 is 0 Å². The van der Waals surface area contributed by atoms with E-state index >= 15 is 0 Å². The minimum absolute atomic E-state index is 0.194. The molecule has 0 fully saturated rings. The van der Waals surface area contributed by atoms with Crippen molar-refractivity contribution in [3.05, 3.63) is 102 Å². The summed E-state index contributed by atoms with van der Waals surface area (Å²) in [5, 5.41) is 14.4. The third-order valence-corrected chi connectivity index (χ3v) is 4.80. The Labute approximate surface area is 180 Å². The number of rotatable bonds is 6. The predicted octanol–water partition coefficient (Wildman–Crippen LogP) is 5.84. The molecule has 2 N–H and O–H groups in total. The summed E-state index contributed by atoms with van der Waals surface area (Å²) in [5.74, 6) is 0.00574. The van der Waals surface area contributed by atoms with Crippen LogP contribution in [-0.4, -0.2) is 16.1 Å². The van der Waals surface area contributed by atoms with Crippen LogP contribution < -0.4 is 10.6 Å². The van der Waals surface area contributed by atoms with Gasteiger partial charge in [0.1, 0.15) is 5.82 Å². The summed E-state index contributed by atoms with van der Waals surface area (Å²) in [6.45, 7) is 2.09. The van der Waals surface area contributed by atoms with Crippen molar-refractivity contribution in [2.24, 2.45) is 0 Å². The van der Waals surface area contributed by atoms with Gasteiger partial charge in [-0.25, -0.2) is 4.39 Å². The van der Waals surface area contributed by atoms with Crippen LogP contribution in [0.2, 0.25) is 0 Å². The number of carbonyl (C=O) groups excluding carboxylic acids is 1. The van der Waals surface area contributed by atoms with Crippen LogP contribution in [0.25, 0.3) is 11.3 Å². The van der Waals surface area contributed by atoms with Gasteiger partial charge in [0.2, 0.25) is 0 Å². The van der Waals surface area contributed by atoms with Crippen LogP contribution >= 0.6 is 0 Å². The summed E-state index contributed by atoms with van der Waals surface area (Å²) in [6.07, 6.45) is 0.952. The lowest BCUT2D eigenvalue weighted by Crippen LogP contribution is -2.12. The number of aryl methyl sites for hydroxylation is 1. The molecule has 0 bridgehead atoms. The molecule has 154 valence electrons. The fourth-order valence-corrected chi connectivity index (χ4v) is 3.11. The number of benzene rings is 3. The lowest BCUT2D eigenvalue weighted by atomic mass is 10.1. The van der Waals surface area contributed by atoms with Crippen molar-refractivity contribution in [2.75, 3.05) is 10.6 Å². The van der Waals surface area contributed by atoms with Crippen LogP contribution in [0.15, 0.2) is 84.9 Å². The number of carbonyl (C=O) groups is 1. The first-order valence-electron chi connectivity index (χ1n) is 9.98. The number of hydrogen-bond donors (Lipinski definition) is 2. The van der Waals surface area contributed by atoms with Crippen LogP contribution in [0.5, 0.6) is 0 Å². The maximum absolute atomic E-state index is 13.4. The Kier molecular flexibility index (Phi) is 5.98. The Balaban J connectivity index is 1.44. The highest BCUT2D eigenvalue weighted by Crippen LogP contribution is 2.21. The predicted molar refractivity (Wildman–Crippen MR) is 121 cm³/mol. The van der Waals surface area contributed by atoms with Gasteiger partial charge in [0.05, 0.1) is 5.69 Å². The van der Waals surface area contributed by atoms with Crippen molar-refractivity contribution < 1.29 is 9.18 Å². The number of nitrogens with one attached hydrogen (secondary N) is 2. The minimum atomic E-state index is -0.321. The second-order valence-corrected chi connectivity index (χ2v) is 7.02. The molecule has 0 saturated heterocycles. The molecule has 0 saturated carbocycles. The van der Waals surface area contributed by atoms with Gasteiger partial charge in [-0.05, 0) is 66.6 Å². The van der Waals surface area contributed by atoms with Crippen LogP contribution in [0.4, 0.5) is 21.6 Å². The molecule has 4 aromatic rings. The highest BCUT2D eigenvalue weighted by molar-refractivity contribution is 6.04. The van der Waals surface area contributed by atoms with E-state index in [0.29, 0.717) is 28.3 Å². The van der Waals surface area contributed by atoms with E-state index in [1.54, 1.807) is 42.5 Å². The summed E-state index contributed by atoms with van der Waals surface area (Å²) >= 11 is 0.